The van der Waals surface area contributed by atoms with Crippen LogP contribution in [-0.2, 0) is 13.6 Å². The molecule has 2 rings (SSSR count). The van der Waals surface area contributed by atoms with Gasteiger partial charge in [-0.2, -0.15) is 5.10 Å². The summed E-state index contributed by atoms with van der Waals surface area (Å²) in [6.07, 6.45) is 0. The van der Waals surface area contributed by atoms with Crippen molar-refractivity contribution in [3.63, 3.8) is 0 Å². The normalized spacial score (nSPS) is 10.5. The Morgan fingerprint density at radius 1 is 1.43 bits per heavy atom. The smallest absolute Gasteiger partial charge is 0.253 e. The molecule has 0 saturated carbocycles. The predicted molar refractivity (Wildman–Crippen MR) is 81.3 cm³/mol. The van der Waals surface area contributed by atoms with Crippen LogP contribution in [0.2, 0.25) is 0 Å². The van der Waals surface area contributed by atoms with E-state index >= 15 is 0 Å². The van der Waals surface area contributed by atoms with Gasteiger partial charge in [-0.25, -0.2) is 0 Å². The van der Waals surface area contributed by atoms with Gasteiger partial charge in [0.1, 0.15) is 5.75 Å². The number of anilines is 1. The highest BCUT2D eigenvalue weighted by Gasteiger charge is 2.13. The minimum Gasteiger partial charge on any atom is -0.497 e. The van der Waals surface area contributed by atoms with Crippen LogP contribution < -0.4 is 15.8 Å². The summed E-state index contributed by atoms with van der Waals surface area (Å²) in [5.41, 5.74) is 9.69. The first-order valence-electron chi connectivity index (χ1n) is 6.64. The Morgan fingerprint density at radius 2 is 2.14 bits per heavy atom. The summed E-state index contributed by atoms with van der Waals surface area (Å²) in [5, 5.41) is 7.20. The Kier molecular flexibility index (Phi) is 4.16. The Bertz CT molecular complexity index is 677. The molecule has 1 amide bonds. The van der Waals surface area contributed by atoms with Gasteiger partial charge in [0, 0.05) is 36.6 Å². The number of ether oxygens (including phenoxy) is 1. The largest absolute Gasteiger partial charge is 0.497 e. The van der Waals surface area contributed by atoms with Crippen molar-refractivity contribution < 1.29 is 9.53 Å². The lowest BCUT2D eigenvalue weighted by Crippen LogP contribution is -2.24. The third-order valence-corrected chi connectivity index (χ3v) is 3.59. The van der Waals surface area contributed by atoms with Crippen molar-refractivity contribution in [1.82, 2.24) is 15.1 Å². The molecule has 6 heteroatoms. The molecule has 0 aliphatic rings. The number of nitrogen functional groups attached to an aromatic ring is 1. The number of nitrogens with one attached hydrogen (secondary N) is 1. The molecule has 21 heavy (non-hydrogen) atoms. The average Bonchev–Trinajstić information content (AvgIpc) is 2.69. The molecule has 2 aromatic rings. The molecule has 0 fully saturated rings. The predicted octanol–water partition coefficient (Wildman–Crippen LogP) is 1.56. The molecule has 1 aromatic heterocycles. The van der Waals surface area contributed by atoms with Gasteiger partial charge in [-0.05, 0) is 26.0 Å². The number of rotatable bonds is 4. The third kappa shape index (κ3) is 2.99. The minimum absolute atomic E-state index is 0.210. The number of hydrogen-bond acceptors (Lipinski definition) is 4. The van der Waals surface area contributed by atoms with Gasteiger partial charge in [0.15, 0.2) is 0 Å². The molecule has 1 heterocycles. The zero-order valence-electron chi connectivity index (χ0n) is 12.7. The zero-order valence-corrected chi connectivity index (χ0v) is 12.7. The first-order chi connectivity index (χ1) is 9.93. The Morgan fingerprint density at radius 3 is 2.67 bits per heavy atom. The van der Waals surface area contributed by atoms with Crippen LogP contribution in [0.4, 0.5) is 5.69 Å². The third-order valence-electron chi connectivity index (χ3n) is 3.59. The lowest BCUT2D eigenvalue weighted by Gasteiger charge is -2.09. The Labute approximate surface area is 123 Å². The number of benzene rings is 1. The maximum absolute atomic E-state index is 12.2. The molecule has 0 atom stereocenters. The van der Waals surface area contributed by atoms with Crippen LogP contribution in [0.5, 0.6) is 5.75 Å². The van der Waals surface area contributed by atoms with Crippen molar-refractivity contribution in [3.8, 4) is 5.75 Å². The van der Waals surface area contributed by atoms with E-state index < -0.39 is 0 Å². The molecular formula is C15H20N4O2. The van der Waals surface area contributed by atoms with Crippen LogP contribution in [0.1, 0.15) is 27.3 Å². The van der Waals surface area contributed by atoms with Crippen LogP contribution in [-0.4, -0.2) is 22.8 Å². The molecule has 0 unspecified atom stereocenters. The second-order valence-electron chi connectivity index (χ2n) is 4.91. The monoisotopic (exact) mass is 288 g/mol. The van der Waals surface area contributed by atoms with Crippen molar-refractivity contribution in [2.24, 2.45) is 7.05 Å². The van der Waals surface area contributed by atoms with E-state index in [1.54, 1.807) is 30.0 Å². The summed E-state index contributed by atoms with van der Waals surface area (Å²) in [5.74, 6) is 0.417. The van der Waals surface area contributed by atoms with Crippen molar-refractivity contribution in [2.45, 2.75) is 20.4 Å². The first-order valence-corrected chi connectivity index (χ1v) is 6.64. The van der Waals surface area contributed by atoms with Crippen molar-refractivity contribution in [2.75, 3.05) is 12.8 Å². The zero-order chi connectivity index (χ0) is 15.6. The summed E-state index contributed by atoms with van der Waals surface area (Å²) in [4.78, 5) is 12.2. The fraction of sp³-hybridized carbons (Fsp3) is 0.333. The number of aromatic nitrogens is 2. The number of amides is 1. The summed E-state index contributed by atoms with van der Waals surface area (Å²) in [6.45, 7) is 4.33. The molecular weight excluding hydrogens is 268 g/mol. The van der Waals surface area contributed by atoms with Crippen molar-refractivity contribution in [1.29, 1.82) is 0 Å². The molecule has 0 bridgehead atoms. The Balaban J connectivity index is 2.12. The lowest BCUT2D eigenvalue weighted by atomic mass is 10.1. The van der Waals surface area contributed by atoms with Gasteiger partial charge in [-0.1, -0.05) is 0 Å². The molecule has 0 spiro atoms. The van der Waals surface area contributed by atoms with E-state index in [0.717, 1.165) is 17.0 Å². The van der Waals surface area contributed by atoms with Gasteiger partial charge in [-0.15, -0.1) is 0 Å². The van der Waals surface area contributed by atoms with E-state index in [4.69, 9.17) is 10.5 Å². The average molecular weight is 288 g/mol. The molecule has 112 valence electrons. The second-order valence-corrected chi connectivity index (χ2v) is 4.91. The minimum atomic E-state index is -0.210. The summed E-state index contributed by atoms with van der Waals surface area (Å²) in [7, 11) is 3.44. The lowest BCUT2D eigenvalue weighted by molar-refractivity contribution is 0.0951. The summed E-state index contributed by atoms with van der Waals surface area (Å²) in [6, 6.07) is 5.01. The fourth-order valence-electron chi connectivity index (χ4n) is 2.21. The second kappa shape index (κ2) is 5.87. The maximum Gasteiger partial charge on any atom is 0.253 e. The van der Waals surface area contributed by atoms with Crippen molar-refractivity contribution in [3.05, 3.63) is 40.7 Å². The number of carbonyl (C=O) groups is 1. The van der Waals surface area contributed by atoms with E-state index in [2.05, 4.69) is 10.4 Å². The number of hydrogen-bond donors (Lipinski definition) is 2. The number of nitrogens with zero attached hydrogens (tertiary/aromatic N) is 2. The SMILES string of the molecule is COc1ccc(C(=O)NCc2c(C)nn(C)c2C)c(N)c1. The van der Waals surface area contributed by atoms with Gasteiger partial charge in [0.05, 0.1) is 18.4 Å². The van der Waals surface area contributed by atoms with E-state index in [9.17, 15) is 4.79 Å². The molecule has 0 radical (unpaired) electrons. The highest BCUT2D eigenvalue weighted by Crippen LogP contribution is 2.20. The number of nitrogens with two attached hydrogens (primary N) is 1. The van der Waals surface area contributed by atoms with E-state index in [0.29, 0.717) is 23.5 Å². The number of methoxy groups -OCH3 is 1. The van der Waals surface area contributed by atoms with Crippen LogP contribution in [0, 0.1) is 13.8 Å². The van der Waals surface area contributed by atoms with Crippen molar-refractivity contribution >= 4 is 11.6 Å². The van der Waals surface area contributed by atoms with E-state index in [1.165, 1.54) is 0 Å². The van der Waals surface area contributed by atoms with E-state index in [1.807, 2.05) is 20.9 Å². The molecule has 0 saturated heterocycles. The van der Waals surface area contributed by atoms with Crippen LogP contribution >= 0.6 is 0 Å². The van der Waals surface area contributed by atoms with Crippen LogP contribution in [0.3, 0.4) is 0 Å². The molecule has 1 aromatic carbocycles. The van der Waals surface area contributed by atoms with Gasteiger partial charge in [0.2, 0.25) is 0 Å². The highest BCUT2D eigenvalue weighted by molar-refractivity contribution is 5.99. The van der Waals surface area contributed by atoms with Gasteiger partial charge < -0.3 is 15.8 Å². The van der Waals surface area contributed by atoms with Crippen LogP contribution in [0.25, 0.3) is 0 Å². The highest BCUT2D eigenvalue weighted by atomic mass is 16.5. The summed E-state index contributed by atoms with van der Waals surface area (Å²) >= 11 is 0. The van der Waals surface area contributed by atoms with E-state index in [-0.39, 0.29) is 5.91 Å². The molecule has 6 nitrogen and oxygen atoms in total. The molecule has 0 aliphatic heterocycles. The van der Waals surface area contributed by atoms with Gasteiger partial charge in [-0.3, -0.25) is 9.48 Å². The quantitative estimate of drug-likeness (QED) is 0.836. The fourth-order valence-corrected chi connectivity index (χ4v) is 2.21. The number of carbonyl (C=O) groups excluding carboxylic acids is 1. The Hall–Kier alpha value is -2.50. The number of aryl methyl sites for hydroxylation is 2. The topological polar surface area (TPSA) is 82.2 Å². The molecule has 3 N–H and O–H groups in total. The van der Waals surface area contributed by atoms with Gasteiger partial charge in [0.25, 0.3) is 5.91 Å². The standard InChI is InChI=1S/C15H20N4O2/c1-9-13(10(2)19(3)18-9)8-17-15(20)12-6-5-11(21-4)7-14(12)16/h5-7H,8,16H2,1-4H3,(H,17,20). The molecule has 0 aliphatic carbocycles. The van der Waals surface area contributed by atoms with Gasteiger partial charge >= 0.3 is 0 Å². The maximum atomic E-state index is 12.2. The first kappa shape index (κ1) is 14.9. The summed E-state index contributed by atoms with van der Waals surface area (Å²) < 4.78 is 6.87. The van der Waals surface area contributed by atoms with Crippen LogP contribution in [0.15, 0.2) is 18.2 Å².